The lowest BCUT2D eigenvalue weighted by Crippen LogP contribution is -2.37. The molecule has 0 radical (unpaired) electrons. The Kier molecular flexibility index (Phi) is 17.3. The number of carboxylic acids is 2. The van der Waals surface area contributed by atoms with Crippen LogP contribution in [0.25, 0.3) is 22.2 Å². The molecule has 3 aromatic carbocycles. The second kappa shape index (κ2) is 21.6. The van der Waals surface area contributed by atoms with Crippen molar-refractivity contribution in [3.8, 4) is 11.1 Å². The minimum absolute atomic E-state index is 0.0928. The zero-order valence-corrected chi connectivity index (χ0v) is 31.1. The normalized spacial score (nSPS) is 11.2. The van der Waals surface area contributed by atoms with Crippen LogP contribution in [0.15, 0.2) is 66.7 Å². The molecule has 53 heavy (non-hydrogen) atoms. The van der Waals surface area contributed by atoms with Gasteiger partial charge < -0.3 is 20.1 Å². The summed E-state index contributed by atoms with van der Waals surface area (Å²) in [4.78, 5) is 40.3. The number of halogens is 3. The van der Waals surface area contributed by atoms with Crippen molar-refractivity contribution >= 4 is 34.7 Å². The van der Waals surface area contributed by atoms with Gasteiger partial charge in [-0.15, -0.1) is 0 Å². The van der Waals surface area contributed by atoms with Crippen molar-refractivity contribution in [2.24, 2.45) is 0 Å². The number of urea groups is 1. The molecule has 12 heteroatoms. The number of hydrogen-bond donors (Lipinski definition) is 3. The van der Waals surface area contributed by atoms with E-state index < -0.39 is 18.1 Å². The lowest BCUT2D eigenvalue weighted by atomic mass is 9.99. The molecule has 0 aliphatic carbocycles. The number of fused-ring (bicyclic) bond motifs is 1. The summed E-state index contributed by atoms with van der Waals surface area (Å²) in [5, 5.41) is 19.9. The third-order valence-corrected chi connectivity index (χ3v) is 9.07. The molecule has 3 N–H and O–H groups in total. The highest BCUT2D eigenvalue weighted by molar-refractivity contribution is 5.96. The number of unbranched alkanes of at least 4 members (excludes halogenated alkanes) is 10. The zero-order valence-electron chi connectivity index (χ0n) is 31.1. The molecule has 288 valence electrons. The number of nitrogens with one attached hydrogen (secondary N) is 1. The summed E-state index contributed by atoms with van der Waals surface area (Å²) in [5.41, 5.74) is 5.72. The topological polar surface area (TPSA) is 125 Å². The summed E-state index contributed by atoms with van der Waals surface area (Å²) in [6, 6.07) is 21.1. The number of amides is 2. The Morgan fingerprint density at radius 1 is 0.792 bits per heavy atom. The number of nitrogens with zero attached hydrogens (tertiary/aromatic N) is 3. The molecule has 1 heterocycles. The predicted octanol–water partition coefficient (Wildman–Crippen LogP) is 10.5. The maximum absolute atomic E-state index is 13.0. The number of hydrogen-bond acceptors (Lipinski definition) is 4. The average molecular weight is 739 g/mol. The zero-order chi connectivity index (χ0) is 38.8. The van der Waals surface area contributed by atoms with Crippen molar-refractivity contribution in [3.63, 3.8) is 0 Å². The summed E-state index contributed by atoms with van der Waals surface area (Å²) in [6.07, 6.45) is 10.6. The van der Waals surface area contributed by atoms with E-state index in [1.165, 1.54) is 51.4 Å². The summed E-state index contributed by atoms with van der Waals surface area (Å²) < 4.78 is 34.0. The SMILES string of the molecule is CCCCCCCCCCCCNC(=O)N(C)c1ccc2nc(CCCC)n(Cc3ccc(-c4ccccc4C(=O)O)cc3)c2c1.O=C(O)C(F)(F)F. The molecule has 0 aliphatic rings. The Morgan fingerprint density at radius 3 is 1.96 bits per heavy atom. The smallest absolute Gasteiger partial charge is 0.478 e. The van der Waals surface area contributed by atoms with Crippen LogP contribution in [0.3, 0.4) is 0 Å². The fourth-order valence-electron chi connectivity index (χ4n) is 6.01. The second-order valence-corrected chi connectivity index (χ2v) is 13.2. The van der Waals surface area contributed by atoms with Crippen LogP contribution >= 0.6 is 0 Å². The Bertz CT molecular complexity index is 1750. The summed E-state index contributed by atoms with van der Waals surface area (Å²) >= 11 is 0. The van der Waals surface area contributed by atoms with E-state index in [2.05, 4.69) is 41.9 Å². The van der Waals surface area contributed by atoms with Crippen LogP contribution in [0, 0.1) is 0 Å². The molecule has 4 aromatic rings. The number of aromatic carboxylic acids is 1. The largest absolute Gasteiger partial charge is 0.490 e. The van der Waals surface area contributed by atoms with Gasteiger partial charge in [-0.1, -0.05) is 121 Å². The van der Waals surface area contributed by atoms with E-state index in [1.54, 1.807) is 17.0 Å². The molecule has 9 nitrogen and oxygen atoms in total. The van der Waals surface area contributed by atoms with Gasteiger partial charge in [-0.3, -0.25) is 4.90 Å². The van der Waals surface area contributed by atoms with Gasteiger partial charge in [0, 0.05) is 32.2 Å². The maximum Gasteiger partial charge on any atom is 0.490 e. The van der Waals surface area contributed by atoms with E-state index in [-0.39, 0.29) is 6.03 Å². The molecule has 0 saturated carbocycles. The van der Waals surface area contributed by atoms with Crippen molar-refractivity contribution < 1.29 is 37.8 Å². The number of carbonyl (C=O) groups is 3. The fourth-order valence-corrected chi connectivity index (χ4v) is 6.01. The molecule has 4 rings (SSSR count). The van der Waals surface area contributed by atoms with Crippen LogP contribution in [0.1, 0.15) is 113 Å². The molecule has 0 atom stereocenters. The Hall–Kier alpha value is -4.87. The molecule has 0 unspecified atom stereocenters. The number of aliphatic carboxylic acids is 1. The van der Waals surface area contributed by atoms with Crippen LogP contribution in [0.2, 0.25) is 0 Å². The van der Waals surface area contributed by atoms with Gasteiger partial charge in [-0.2, -0.15) is 13.2 Å². The van der Waals surface area contributed by atoms with E-state index >= 15 is 0 Å². The first kappa shape index (κ1) is 42.5. The Balaban J connectivity index is 0.000000980. The van der Waals surface area contributed by atoms with Gasteiger partial charge in [0.05, 0.1) is 16.6 Å². The predicted molar refractivity (Wildman–Crippen MR) is 204 cm³/mol. The number of aryl methyl sites for hydroxylation is 1. The van der Waals surface area contributed by atoms with Crippen LogP contribution in [-0.4, -0.2) is 57.5 Å². The summed E-state index contributed by atoms with van der Waals surface area (Å²) in [5.74, 6) is -2.66. The first-order valence-electron chi connectivity index (χ1n) is 18.6. The molecule has 0 spiro atoms. The first-order valence-corrected chi connectivity index (χ1v) is 18.6. The quantitative estimate of drug-likeness (QED) is 0.0823. The third kappa shape index (κ3) is 13.6. The number of alkyl halides is 3. The van der Waals surface area contributed by atoms with E-state index in [0.29, 0.717) is 24.2 Å². The van der Waals surface area contributed by atoms with Crippen molar-refractivity contribution in [3.05, 3.63) is 83.7 Å². The highest BCUT2D eigenvalue weighted by Gasteiger charge is 2.38. The first-order chi connectivity index (χ1) is 25.4. The van der Waals surface area contributed by atoms with Gasteiger partial charge in [-0.25, -0.2) is 19.4 Å². The number of anilines is 1. The number of carboxylic acid groups (broad SMARTS) is 2. The van der Waals surface area contributed by atoms with Crippen molar-refractivity contribution in [1.29, 1.82) is 0 Å². The lowest BCUT2D eigenvalue weighted by Gasteiger charge is -2.19. The number of aromatic nitrogens is 2. The number of rotatable bonds is 19. The molecular formula is C41H53F3N4O5. The number of imidazole rings is 1. The van der Waals surface area contributed by atoms with E-state index in [1.807, 2.05) is 43.4 Å². The summed E-state index contributed by atoms with van der Waals surface area (Å²) in [6.45, 7) is 5.76. The van der Waals surface area contributed by atoms with Crippen LogP contribution in [-0.2, 0) is 17.8 Å². The third-order valence-electron chi connectivity index (χ3n) is 9.07. The van der Waals surface area contributed by atoms with Gasteiger partial charge in [0.1, 0.15) is 5.82 Å². The summed E-state index contributed by atoms with van der Waals surface area (Å²) in [7, 11) is 1.82. The maximum atomic E-state index is 13.0. The van der Waals surface area contributed by atoms with Gasteiger partial charge in [-0.05, 0) is 53.8 Å². The molecule has 2 amide bonds. The van der Waals surface area contributed by atoms with Gasteiger partial charge in [0.25, 0.3) is 0 Å². The Morgan fingerprint density at radius 2 is 1.38 bits per heavy atom. The molecule has 0 bridgehead atoms. The monoisotopic (exact) mass is 738 g/mol. The van der Waals surface area contributed by atoms with Crippen LogP contribution < -0.4 is 10.2 Å². The van der Waals surface area contributed by atoms with Gasteiger partial charge in [0.15, 0.2) is 0 Å². The van der Waals surface area contributed by atoms with Crippen molar-refractivity contribution in [2.45, 2.75) is 110 Å². The molecule has 0 aliphatic heterocycles. The number of benzene rings is 3. The standard InChI is InChI=1S/C39H52N4O3.C2HF3O2/c1-4-6-8-9-10-11-12-13-14-17-27-40-39(46)42(3)32-25-26-35-36(28-32)43(37(41-35)20-7-5-2)29-30-21-23-31(24-22-30)33-18-15-16-19-34(33)38(44)45;3-2(4,5)1(6)7/h15-16,18-19,21-26,28H,4-14,17,20,27,29H2,1-3H3,(H,40,46)(H,44,45);(H,6,7). The molecule has 1 aromatic heterocycles. The minimum Gasteiger partial charge on any atom is -0.478 e. The fraction of sp³-hybridized carbons (Fsp3) is 0.463. The highest BCUT2D eigenvalue weighted by Crippen LogP contribution is 2.27. The van der Waals surface area contributed by atoms with E-state index in [9.17, 15) is 27.9 Å². The van der Waals surface area contributed by atoms with Gasteiger partial charge in [0.2, 0.25) is 0 Å². The lowest BCUT2D eigenvalue weighted by molar-refractivity contribution is -0.192. The number of carbonyl (C=O) groups excluding carboxylic acids is 1. The second-order valence-electron chi connectivity index (χ2n) is 13.2. The van der Waals surface area contributed by atoms with Crippen molar-refractivity contribution in [1.82, 2.24) is 14.9 Å². The molecule has 0 saturated heterocycles. The van der Waals surface area contributed by atoms with Crippen molar-refractivity contribution in [2.75, 3.05) is 18.5 Å². The van der Waals surface area contributed by atoms with Gasteiger partial charge >= 0.3 is 24.1 Å². The van der Waals surface area contributed by atoms with Crippen LogP contribution in [0.5, 0.6) is 0 Å². The Labute approximate surface area is 310 Å². The highest BCUT2D eigenvalue weighted by atomic mass is 19.4. The molecule has 0 fully saturated rings. The van der Waals surface area contributed by atoms with Crippen LogP contribution in [0.4, 0.5) is 23.7 Å². The molecular weight excluding hydrogens is 685 g/mol. The minimum atomic E-state index is -5.08. The van der Waals surface area contributed by atoms with E-state index in [0.717, 1.165) is 65.8 Å². The average Bonchev–Trinajstić information content (AvgIpc) is 3.48. The van der Waals surface area contributed by atoms with E-state index in [4.69, 9.17) is 14.9 Å².